The molecule has 1 aliphatic rings. The number of halogens is 8. The van der Waals surface area contributed by atoms with E-state index >= 15 is 0 Å². The molecule has 0 saturated carbocycles. The lowest BCUT2D eigenvalue weighted by Gasteiger charge is -2.40. The zero-order valence-corrected chi connectivity index (χ0v) is 10.1. The summed E-state index contributed by atoms with van der Waals surface area (Å²) in [6.45, 7) is -0.178. The first-order chi connectivity index (χ1) is 8.93. The van der Waals surface area contributed by atoms with Gasteiger partial charge in [-0.3, -0.25) is 4.90 Å². The lowest BCUT2D eigenvalue weighted by atomic mass is 10.0. The van der Waals surface area contributed by atoms with E-state index in [1.165, 1.54) is 0 Å². The van der Waals surface area contributed by atoms with Gasteiger partial charge in [0, 0.05) is 26.2 Å². The summed E-state index contributed by atoms with van der Waals surface area (Å²) in [6, 6.07) is 0. The number of nitrogens with zero attached hydrogens (tertiary/aromatic N) is 2. The quantitative estimate of drug-likeness (QED) is 0.449. The van der Waals surface area contributed by atoms with Crippen LogP contribution in [0.1, 0.15) is 0 Å². The minimum absolute atomic E-state index is 0.0254. The maximum Gasteiger partial charge on any atom is 0.460 e. The van der Waals surface area contributed by atoms with Crippen LogP contribution >= 0.6 is 0 Å². The molecule has 0 spiro atoms. The highest BCUT2D eigenvalue weighted by atomic mass is 19.4. The lowest BCUT2D eigenvalue weighted by Crippen LogP contribution is -2.60. The molecule has 0 radical (unpaired) electrons. The fourth-order valence-corrected chi connectivity index (χ4v) is 1.82. The third-order valence-electron chi connectivity index (χ3n) is 3.07. The molecule has 0 aromatic carbocycles. The van der Waals surface area contributed by atoms with E-state index in [4.69, 9.17) is 0 Å². The average Bonchev–Trinajstić information content (AvgIpc) is 2.34. The summed E-state index contributed by atoms with van der Waals surface area (Å²) in [4.78, 5) is 0.412. The van der Waals surface area contributed by atoms with Crippen LogP contribution in [-0.4, -0.2) is 60.4 Å². The van der Waals surface area contributed by atoms with Crippen LogP contribution in [0.2, 0.25) is 0 Å². The maximum absolute atomic E-state index is 13.7. The smallest absolute Gasteiger partial charge is 0.268 e. The normalized spacial score (nSPS) is 24.2. The van der Waals surface area contributed by atoms with E-state index in [2.05, 4.69) is 6.58 Å². The third kappa shape index (κ3) is 3.22. The van der Waals surface area contributed by atoms with Crippen molar-refractivity contribution in [3.8, 4) is 0 Å². The van der Waals surface area contributed by atoms with Crippen LogP contribution in [-0.2, 0) is 0 Å². The predicted molar refractivity (Wildman–Crippen MR) is 54.2 cm³/mol. The van der Waals surface area contributed by atoms with Crippen molar-refractivity contribution in [1.29, 1.82) is 0 Å². The van der Waals surface area contributed by atoms with Crippen molar-refractivity contribution in [2.75, 3.05) is 26.2 Å². The molecule has 0 aromatic heterocycles. The van der Waals surface area contributed by atoms with Crippen LogP contribution in [0.15, 0.2) is 12.7 Å². The molecule has 2 atom stereocenters. The fraction of sp³-hybridized carbons (Fsp3) is 0.800. The molecule has 1 saturated heterocycles. The van der Waals surface area contributed by atoms with Gasteiger partial charge in [0.15, 0.2) is 0 Å². The van der Waals surface area contributed by atoms with Crippen LogP contribution in [0.5, 0.6) is 0 Å². The standard InChI is InChI=1S/C10H12F8N2/c1-2-8(12,9(13,14)15)7(11)19-3-5-20(6-4-19)10(16,17)18/h2,7H,1,3-6H2. The average molecular weight is 312 g/mol. The van der Waals surface area contributed by atoms with E-state index in [0.29, 0.717) is 4.90 Å². The SMILES string of the molecule is C=CC(F)(C(F)N1CCN(C(F)(F)F)CC1)C(F)(F)F. The highest BCUT2D eigenvalue weighted by molar-refractivity contribution is 5.07. The molecule has 118 valence electrons. The number of piperazine rings is 1. The van der Waals surface area contributed by atoms with Crippen molar-refractivity contribution in [2.24, 2.45) is 0 Å². The zero-order valence-electron chi connectivity index (χ0n) is 10.1. The summed E-state index contributed by atoms with van der Waals surface area (Å²) >= 11 is 0. The molecule has 0 N–H and O–H groups in total. The van der Waals surface area contributed by atoms with Crippen molar-refractivity contribution in [3.63, 3.8) is 0 Å². The van der Waals surface area contributed by atoms with Gasteiger partial charge in [-0.1, -0.05) is 6.58 Å². The Morgan fingerprint density at radius 1 is 0.900 bits per heavy atom. The molecule has 10 heteroatoms. The second-order valence-electron chi connectivity index (χ2n) is 4.30. The summed E-state index contributed by atoms with van der Waals surface area (Å²) in [7, 11) is 0. The first-order valence-electron chi connectivity index (χ1n) is 5.52. The Bertz CT molecular complexity index is 344. The van der Waals surface area contributed by atoms with Gasteiger partial charge < -0.3 is 0 Å². The van der Waals surface area contributed by atoms with Gasteiger partial charge in [0.2, 0.25) is 6.30 Å². The first-order valence-corrected chi connectivity index (χ1v) is 5.52. The molecule has 2 nitrogen and oxygen atoms in total. The van der Waals surface area contributed by atoms with Gasteiger partial charge >= 0.3 is 12.5 Å². The summed E-state index contributed by atoms with van der Waals surface area (Å²) in [5.74, 6) is 0. The van der Waals surface area contributed by atoms with E-state index in [1.54, 1.807) is 0 Å². The van der Waals surface area contributed by atoms with Gasteiger partial charge in [0.25, 0.3) is 5.67 Å². The molecule has 1 aliphatic heterocycles. The molecule has 1 fully saturated rings. The molecule has 0 amide bonds. The van der Waals surface area contributed by atoms with Gasteiger partial charge in [-0.05, 0) is 6.08 Å². The highest BCUT2D eigenvalue weighted by Crippen LogP contribution is 2.40. The molecular weight excluding hydrogens is 300 g/mol. The van der Waals surface area contributed by atoms with Gasteiger partial charge in [-0.2, -0.15) is 26.3 Å². The topological polar surface area (TPSA) is 6.48 Å². The summed E-state index contributed by atoms with van der Waals surface area (Å²) in [6.07, 6.45) is -13.5. The number of alkyl halides is 8. The molecule has 20 heavy (non-hydrogen) atoms. The summed E-state index contributed by atoms with van der Waals surface area (Å²) in [5, 5.41) is 0. The van der Waals surface area contributed by atoms with Crippen molar-refractivity contribution in [1.82, 2.24) is 9.80 Å². The van der Waals surface area contributed by atoms with Crippen LogP contribution < -0.4 is 0 Å². The van der Waals surface area contributed by atoms with Gasteiger partial charge in [-0.15, -0.1) is 0 Å². The first kappa shape index (κ1) is 17.2. The van der Waals surface area contributed by atoms with Crippen LogP contribution in [0.4, 0.5) is 35.1 Å². The molecule has 0 aliphatic carbocycles. The second kappa shape index (κ2) is 5.47. The van der Waals surface area contributed by atoms with E-state index in [0.717, 1.165) is 0 Å². The Balaban J connectivity index is 2.76. The Kier molecular flexibility index (Phi) is 4.69. The van der Waals surface area contributed by atoms with Crippen molar-refractivity contribution in [2.45, 2.75) is 24.4 Å². The van der Waals surface area contributed by atoms with Crippen LogP contribution in [0.25, 0.3) is 0 Å². The maximum atomic E-state index is 13.7. The zero-order chi connectivity index (χ0) is 15.8. The van der Waals surface area contributed by atoms with Crippen molar-refractivity contribution < 1.29 is 35.1 Å². The van der Waals surface area contributed by atoms with Crippen molar-refractivity contribution >= 4 is 0 Å². The van der Waals surface area contributed by atoms with E-state index in [9.17, 15) is 35.1 Å². The minimum Gasteiger partial charge on any atom is -0.268 e. The van der Waals surface area contributed by atoms with Crippen LogP contribution in [0.3, 0.4) is 0 Å². The Morgan fingerprint density at radius 3 is 1.65 bits per heavy atom. The molecular formula is C10H12F8N2. The van der Waals surface area contributed by atoms with E-state index in [-0.39, 0.29) is 11.0 Å². The molecule has 2 unspecified atom stereocenters. The minimum atomic E-state index is -5.53. The number of hydrogen-bond donors (Lipinski definition) is 0. The Hall–Kier alpha value is -0.900. The summed E-state index contributed by atoms with van der Waals surface area (Å²) < 4.78 is 102. The molecule has 0 aromatic rings. The van der Waals surface area contributed by atoms with Gasteiger partial charge in [0.05, 0.1) is 0 Å². The molecule has 1 heterocycles. The van der Waals surface area contributed by atoms with E-state index in [1.807, 2.05) is 0 Å². The second-order valence-corrected chi connectivity index (χ2v) is 4.30. The van der Waals surface area contributed by atoms with E-state index < -0.39 is 50.6 Å². The number of rotatable bonds is 3. The largest absolute Gasteiger partial charge is 0.460 e. The van der Waals surface area contributed by atoms with Gasteiger partial charge in [-0.25, -0.2) is 13.7 Å². The molecule has 1 rings (SSSR count). The lowest BCUT2D eigenvalue weighted by molar-refractivity contribution is -0.270. The predicted octanol–water partition coefficient (Wildman–Crippen LogP) is 2.88. The van der Waals surface area contributed by atoms with Gasteiger partial charge in [0.1, 0.15) is 0 Å². The number of hydrogen-bond acceptors (Lipinski definition) is 2. The monoisotopic (exact) mass is 312 g/mol. The third-order valence-corrected chi connectivity index (χ3v) is 3.07. The summed E-state index contributed by atoms with van der Waals surface area (Å²) in [5.41, 5.74) is -4.31. The van der Waals surface area contributed by atoms with Crippen LogP contribution in [0, 0.1) is 0 Å². The molecule has 0 bridgehead atoms. The highest BCUT2D eigenvalue weighted by Gasteiger charge is 2.61. The Labute approximate surface area is 109 Å². The Morgan fingerprint density at radius 2 is 1.35 bits per heavy atom. The van der Waals surface area contributed by atoms with Crippen molar-refractivity contribution in [3.05, 3.63) is 12.7 Å². The fourth-order valence-electron chi connectivity index (χ4n) is 1.82.